The maximum Gasteiger partial charge on any atom is 0.348 e. The summed E-state index contributed by atoms with van der Waals surface area (Å²) in [6.45, 7) is 1.79. The summed E-state index contributed by atoms with van der Waals surface area (Å²) in [6, 6.07) is 0.00839. The van der Waals surface area contributed by atoms with Gasteiger partial charge in [0.2, 0.25) is 5.28 Å². The molecule has 0 amide bonds. The summed E-state index contributed by atoms with van der Waals surface area (Å²) in [5, 5.41) is 25.0. The van der Waals surface area contributed by atoms with Gasteiger partial charge in [0.15, 0.2) is 6.17 Å². The van der Waals surface area contributed by atoms with Crippen LogP contribution in [-0.2, 0) is 9.47 Å². The van der Waals surface area contributed by atoms with E-state index in [0.717, 1.165) is 0 Å². The summed E-state index contributed by atoms with van der Waals surface area (Å²) in [5.74, 6) is -0.579. The quantitative estimate of drug-likeness (QED) is 0.172. The van der Waals surface area contributed by atoms with Gasteiger partial charge in [-0.25, -0.2) is 9.37 Å². The van der Waals surface area contributed by atoms with Gasteiger partial charge in [0.25, 0.3) is 5.90 Å². The minimum absolute atomic E-state index is 0.00839. The Kier molecular flexibility index (Phi) is 8.80. The average molecular weight is 451 g/mol. The SMILES string of the molecule is C/C(NC1CCOCC1)=C(/C(=N)OCC(F)CNc1nc(Cl)ncc1Cl)[N+](=O)[O-]. The zero-order chi connectivity index (χ0) is 21.4. The molecule has 3 N–H and O–H groups in total. The number of anilines is 1. The molecular weight excluding hydrogens is 430 g/mol. The molecule has 13 heteroatoms. The second kappa shape index (κ2) is 11.1. The molecule has 1 atom stereocenters. The average Bonchev–Trinajstić information content (AvgIpc) is 2.67. The lowest BCUT2D eigenvalue weighted by molar-refractivity contribution is -0.418. The molecule has 1 saturated heterocycles. The normalized spacial score (nSPS) is 16.6. The highest BCUT2D eigenvalue weighted by Gasteiger charge is 2.26. The number of nitrogens with zero attached hydrogens (tertiary/aromatic N) is 3. The molecule has 0 aliphatic carbocycles. The lowest BCUT2D eigenvalue weighted by Crippen LogP contribution is -2.35. The van der Waals surface area contributed by atoms with E-state index < -0.39 is 29.3 Å². The zero-order valence-corrected chi connectivity index (χ0v) is 17.1. The van der Waals surface area contributed by atoms with Gasteiger partial charge in [-0.15, -0.1) is 0 Å². The Labute approximate surface area is 176 Å². The largest absolute Gasteiger partial charge is 0.470 e. The van der Waals surface area contributed by atoms with E-state index in [-0.39, 0.29) is 34.4 Å². The van der Waals surface area contributed by atoms with Gasteiger partial charge >= 0.3 is 5.70 Å². The van der Waals surface area contributed by atoms with E-state index in [2.05, 4.69) is 20.6 Å². The van der Waals surface area contributed by atoms with Crippen LogP contribution in [0.25, 0.3) is 0 Å². The van der Waals surface area contributed by atoms with Gasteiger partial charge in [0.05, 0.1) is 23.4 Å². The number of rotatable bonds is 9. The maximum atomic E-state index is 14.1. The molecule has 1 fully saturated rings. The molecule has 1 aliphatic heterocycles. The molecule has 2 rings (SSSR count). The maximum absolute atomic E-state index is 14.1. The first-order valence-corrected chi connectivity index (χ1v) is 9.50. The first-order valence-electron chi connectivity index (χ1n) is 8.75. The van der Waals surface area contributed by atoms with Crippen molar-refractivity contribution in [2.24, 2.45) is 0 Å². The summed E-state index contributed by atoms with van der Waals surface area (Å²) in [4.78, 5) is 18.1. The Balaban J connectivity index is 1.89. The number of aromatic nitrogens is 2. The summed E-state index contributed by atoms with van der Waals surface area (Å²) in [7, 11) is 0. The zero-order valence-electron chi connectivity index (χ0n) is 15.6. The number of nitrogens with one attached hydrogen (secondary N) is 3. The number of ether oxygens (including phenoxy) is 2. The van der Waals surface area contributed by atoms with E-state index in [9.17, 15) is 14.5 Å². The van der Waals surface area contributed by atoms with Crippen LogP contribution >= 0.6 is 23.2 Å². The minimum atomic E-state index is -1.59. The van der Waals surface area contributed by atoms with Crippen molar-refractivity contribution >= 4 is 34.9 Å². The Hall–Kier alpha value is -2.24. The van der Waals surface area contributed by atoms with Crippen LogP contribution in [0.3, 0.4) is 0 Å². The van der Waals surface area contributed by atoms with Gasteiger partial charge in [-0.2, -0.15) is 4.98 Å². The number of alkyl halides is 1. The molecule has 1 aromatic rings. The molecular formula is C16H21Cl2FN6O4. The summed E-state index contributed by atoms with van der Waals surface area (Å²) in [5.41, 5.74) is -0.356. The third kappa shape index (κ3) is 7.26. The molecule has 1 aliphatic rings. The number of halogens is 3. The van der Waals surface area contributed by atoms with Crippen molar-refractivity contribution in [2.45, 2.75) is 32.0 Å². The lowest BCUT2D eigenvalue weighted by Gasteiger charge is -2.24. The molecule has 0 bridgehead atoms. The lowest BCUT2D eigenvalue weighted by atomic mass is 10.1. The summed E-state index contributed by atoms with van der Waals surface area (Å²) < 4.78 is 24.3. The van der Waals surface area contributed by atoms with Crippen LogP contribution in [0.2, 0.25) is 10.3 Å². The van der Waals surface area contributed by atoms with Crippen molar-refractivity contribution in [3.05, 3.63) is 38.0 Å². The Morgan fingerprint density at radius 3 is 2.86 bits per heavy atom. The number of nitro groups is 1. The molecule has 1 unspecified atom stereocenters. The van der Waals surface area contributed by atoms with E-state index in [4.69, 9.17) is 38.1 Å². The third-order valence-electron chi connectivity index (χ3n) is 4.01. The van der Waals surface area contributed by atoms with Gasteiger partial charge in [-0.05, 0) is 31.4 Å². The minimum Gasteiger partial charge on any atom is -0.470 e. The molecule has 29 heavy (non-hydrogen) atoms. The van der Waals surface area contributed by atoms with Crippen molar-refractivity contribution in [3.8, 4) is 0 Å². The Bertz CT molecular complexity index is 776. The Morgan fingerprint density at radius 1 is 1.52 bits per heavy atom. The van der Waals surface area contributed by atoms with Crippen molar-refractivity contribution in [1.82, 2.24) is 15.3 Å². The monoisotopic (exact) mass is 450 g/mol. The van der Waals surface area contributed by atoms with Crippen LogP contribution in [-0.4, -0.2) is 59.4 Å². The highest BCUT2D eigenvalue weighted by Crippen LogP contribution is 2.19. The van der Waals surface area contributed by atoms with E-state index in [0.29, 0.717) is 26.1 Å². The molecule has 0 spiro atoms. The van der Waals surface area contributed by atoms with E-state index in [1.54, 1.807) is 0 Å². The van der Waals surface area contributed by atoms with Crippen LogP contribution in [0.1, 0.15) is 19.8 Å². The van der Waals surface area contributed by atoms with Crippen molar-refractivity contribution in [1.29, 1.82) is 5.41 Å². The molecule has 10 nitrogen and oxygen atoms in total. The fourth-order valence-corrected chi connectivity index (χ4v) is 2.88. The second-order valence-corrected chi connectivity index (χ2v) is 6.96. The molecule has 0 aromatic carbocycles. The summed E-state index contributed by atoms with van der Waals surface area (Å²) in [6.07, 6.45) is 1.08. The summed E-state index contributed by atoms with van der Waals surface area (Å²) >= 11 is 11.5. The van der Waals surface area contributed by atoms with E-state index in [1.807, 2.05) is 0 Å². The van der Waals surface area contributed by atoms with Crippen molar-refractivity contribution < 1.29 is 18.8 Å². The highest BCUT2D eigenvalue weighted by atomic mass is 35.5. The van der Waals surface area contributed by atoms with Crippen LogP contribution in [0.5, 0.6) is 0 Å². The molecule has 160 valence electrons. The number of hydrogen-bond donors (Lipinski definition) is 3. The van der Waals surface area contributed by atoms with Gasteiger partial charge in [0, 0.05) is 19.3 Å². The molecule has 0 saturated carbocycles. The molecule has 1 aromatic heterocycles. The Morgan fingerprint density at radius 2 is 2.21 bits per heavy atom. The van der Waals surface area contributed by atoms with Gasteiger partial charge in [0.1, 0.15) is 17.4 Å². The second-order valence-electron chi connectivity index (χ2n) is 6.22. The smallest absolute Gasteiger partial charge is 0.348 e. The molecule has 0 radical (unpaired) electrons. The fourth-order valence-electron chi connectivity index (χ4n) is 2.58. The van der Waals surface area contributed by atoms with Gasteiger partial charge < -0.3 is 20.1 Å². The van der Waals surface area contributed by atoms with Crippen LogP contribution in [0.4, 0.5) is 10.2 Å². The predicted molar refractivity (Wildman–Crippen MR) is 106 cm³/mol. The van der Waals surface area contributed by atoms with Crippen LogP contribution in [0.15, 0.2) is 17.6 Å². The highest BCUT2D eigenvalue weighted by molar-refractivity contribution is 6.33. The van der Waals surface area contributed by atoms with Gasteiger partial charge in [-0.3, -0.25) is 15.5 Å². The number of allylic oxidation sites excluding steroid dienone is 1. The molecule has 2 heterocycles. The van der Waals surface area contributed by atoms with Gasteiger partial charge in [-0.1, -0.05) is 11.6 Å². The first kappa shape index (κ1) is 23.0. The van der Waals surface area contributed by atoms with E-state index in [1.165, 1.54) is 13.1 Å². The number of hydrogen-bond acceptors (Lipinski definition) is 9. The standard InChI is InChI=1S/C16H21Cl2FN6O4/c1-9(23-11-2-4-28-5-3-11)13(25(26)27)14(20)29-8-10(19)6-21-15-12(17)7-22-16(18)24-15/h7,10-11,20,23H,2-6,8H2,1H3,(H,21,22,24)/b13-9+,20-14?. The van der Waals surface area contributed by atoms with Crippen molar-refractivity contribution in [2.75, 3.05) is 31.7 Å². The van der Waals surface area contributed by atoms with E-state index >= 15 is 0 Å². The third-order valence-corrected chi connectivity index (χ3v) is 4.47. The predicted octanol–water partition coefficient (Wildman–Crippen LogP) is 2.80. The first-order chi connectivity index (χ1) is 13.8. The van der Waals surface area contributed by atoms with Crippen LogP contribution < -0.4 is 10.6 Å². The van der Waals surface area contributed by atoms with Crippen LogP contribution in [0, 0.1) is 15.5 Å². The fraction of sp³-hybridized carbons (Fsp3) is 0.562. The topological polar surface area (TPSA) is 135 Å². The van der Waals surface area contributed by atoms with Crippen molar-refractivity contribution in [3.63, 3.8) is 0 Å².